The Kier molecular flexibility index (Phi) is 6.97. The van der Waals surface area contributed by atoms with Gasteiger partial charge < -0.3 is 21.7 Å². The average Bonchev–Trinajstić information content (AvgIpc) is 2.57. The van der Waals surface area contributed by atoms with Crippen molar-refractivity contribution in [1.29, 1.82) is 0 Å². The van der Waals surface area contributed by atoms with Crippen LogP contribution in [-0.4, -0.2) is 51.2 Å². The number of rotatable bonds is 7. The van der Waals surface area contributed by atoms with Crippen molar-refractivity contribution < 1.29 is 24.6 Å². The summed E-state index contributed by atoms with van der Waals surface area (Å²) in [6, 6.07) is 4.08. The number of thiol groups is 1. The standard InChI is InChI=1S/C16H23N3O5S/c1-9(2)16(15(23)24,10-3-5-11(20)6-4-10)19(13(21)7-17)14(22)12(18)8-25/h3-6,9,12,20,25H,7-8,17-18H2,1-2H3,(H,23,24). The third kappa shape index (κ3) is 3.78. The van der Waals surface area contributed by atoms with Gasteiger partial charge >= 0.3 is 5.97 Å². The van der Waals surface area contributed by atoms with Crippen molar-refractivity contribution in [2.75, 3.05) is 12.3 Å². The molecule has 0 radical (unpaired) electrons. The molecule has 0 fully saturated rings. The number of nitrogens with zero attached hydrogens (tertiary/aromatic N) is 1. The fourth-order valence-electron chi connectivity index (χ4n) is 2.73. The zero-order valence-electron chi connectivity index (χ0n) is 14.0. The minimum atomic E-state index is -2.03. The summed E-state index contributed by atoms with van der Waals surface area (Å²) in [5.41, 5.74) is 9.25. The van der Waals surface area contributed by atoms with E-state index in [1.807, 2.05) is 0 Å². The van der Waals surface area contributed by atoms with Gasteiger partial charge in [0.05, 0.1) is 12.6 Å². The molecule has 2 amide bonds. The maximum atomic E-state index is 12.7. The molecule has 2 unspecified atom stereocenters. The van der Waals surface area contributed by atoms with Gasteiger partial charge in [-0.1, -0.05) is 26.0 Å². The molecule has 9 heteroatoms. The summed E-state index contributed by atoms with van der Waals surface area (Å²) in [5, 5.41) is 19.5. The molecule has 1 aromatic carbocycles. The molecule has 6 N–H and O–H groups in total. The number of carboxylic acids is 1. The number of aliphatic carboxylic acids is 1. The first-order valence-electron chi connectivity index (χ1n) is 7.60. The molecule has 1 aromatic rings. The van der Waals surface area contributed by atoms with Crippen molar-refractivity contribution in [1.82, 2.24) is 4.90 Å². The van der Waals surface area contributed by atoms with E-state index < -0.39 is 41.8 Å². The molecule has 8 nitrogen and oxygen atoms in total. The highest BCUT2D eigenvalue weighted by molar-refractivity contribution is 7.80. The van der Waals surface area contributed by atoms with Crippen molar-refractivity contribution in [3.05, 3.63) is 29.8 Å². The number of hydrogen-bond donors (Lipinski definition) is 5. The van der Waals surface area contributed by atoms with Crippen LogP contribution in [0.5, 0.6) is 5.75 Å². The van der Waals surface area contributed by atoms with Crippen molar-refractivity contribution in [3.8, 4) is 5.75 Å². The topological polar surface area (TPSA) is 147 Å². The SMILES string of the molecule is CC(C)C(C(=O)O)(c1ccc(O)cc1)N(C(=O)CN)C(=O)C(N)CS. The summed E-state index contributed by atoms with van der Waals surface area (Å²) in [6.45, 7) is 2.57. The number of phenolic OH excluding ortho intramolecular Hbond substituents is 1. The summed E-state index contributed by atoms with van der Waals surface area (Å²) >= 11 is 3.95. The van der Waals surface area contributed by atoms with E-state index in [9.17, 15) is 24.6 Å². The third-order valence-corrected chi connectivity index (χ3v) is 4.37. The molecule has 0 bridgehead atoms. The first-order chi connectivity index (χ1) is 11.6. The quantitative estimate of drug-likeness (QED) is 0.422. The monoisotopic (exact) mass is 369 g/mol. The first-order valence-corrected chi connectivity index (χ1v) is 8.24. The molecule has 0 aliphatic heterocycles. The number of benzene rings is 1. The second kappa shape index (κ2) is 8.32. The number of amides is 2. The van der Waals surface area contributed by atoms with Gasteiger partial charge in [0.15, 0.2) is 5.54 Å². The van der Waals surface area contributed by atoms with Crippen LogP contribution in [0.4, 0.5) is 0 Å². The third-order valence-electron chi connectivity index (χ3n) is 3.98. The fourth-order valence-corrected chi connectivity index (χ4v) is 2.89. The number of carbonyl (C=O) groups is 3. The number of imide groups is 1. The minimum Gasteiger partial charge on any atom is -0.508 e. The Morgan fingerprint density at radius 2 is 1.76 bits per heavy atom. The summed E-state index contributed by atoms with van der Waals surface area (Å²) in [5.74, 6) is -4.02. The molecule has 0 spiro atoms. The van der Waals surface area contributed by atoms with Crippen LogP contribution in [0, 0.1) is 5.92 Å². The van der Waals surface area contributed by atoms with E-state index in [2.05, 4.69) is 12.6 Å². The molecule has 138 valence electrons. The Balaban J connectivity index is 3.76. The highest BCUT2D eigenvalue weighted by atomic mass is 32.1. The zero-order valence-corrected chi connectivity index (χ0v) is 14.9. The van der Waals surface area contributed by atoms with Gasteiger partial charge in [0.1, 0.15) is 5.75 Å². The number of phenols is 1. The van der Waals surface area contributed by atoms with Crippen LogP contribution in [0.2, 0.25) is 0 Å². The largest absolute Gasteiger partial charge is 0.508 e. The van der Waals surface area contributed by atoms with E-state index >= 15 is 0 Å². The second-order valence-corrected chi connectivity index (χ2v) is 6.20. The minimum absolute atomic E-state index is 0.0729. The molecule has 0 saturated carbocycles. The Labute approximate surface area is 151 Å². The van der Waals surface area contributed by atoms with Gasteiger partial charge in [0, 0.05) is 5.75 Å². The number of aromatic hydroxyl groups is 1. The number of hydrogen-bond acceptors (Lipinski definition) is 7. The second-order valence-electron chi connectivity index (χ2n) is 5.83. The van der Waals surface area contributed by atoms with Crippen molar-refractivity contribution in [2.24, 2.45) is 17.4 Å². The van der Waals surface area contributed by atoms with E-state index in [0.717, 1.165) is 0 Å². The van der Waals surface area contributed by atoms with Crippen molar-refractivity contribution in [3.63, 3.8) is 0 Å². The van der Waals surface area contributed by atoms with Gasteiger partial charge in [-0.15, -0.1) is 0 Å². The maximum Gasteiger partial charge on any atom is 0.335 e. The number of carboxylic acid groups (broad SMARTS) is 1. The highest BCUT2D eigenvalue weighted by Gasteiger charge is 2.54. The highest BCUT2D eigenvalue weighted by Crippen LogP contribution is 2.38. The maximum absolute atomic E-state index is 12.7. The molecule has 25 heavy (non-hydrogen) atoms. The van der Waals surface area contributed by atoms with Crippen LogP contribution >= 0.6 is 12.6 Å². The van der Waals surface area contributed by atoms with Crippen LogP contribution in [0.15, 0.2) is 24.3 Å². The summed E-state index contributed by atoms with van der Waals surface area (Å²) < 4.78 is 0. The average molecular weight is 369 g/mol. The Morgan fingerprint density at radius 1 is 1.24 bits per heavy atom. The zero-order chi connectivity index (χ0) is 19.4. The van der Waals surface area contributed by atoms with Gasteiger partial charge in [0.2, 0.25) is 11.8 Å². The molecule has 0 saturated heterocycles. The van der Waals surface area contributed by atoms with Gasteiger partial charge in [-0.3, -0.25) is 14.5 Å². The van der Waals surface area contributed by atoms with Gasteiger partial charge in [-0.25, -0.2) is 4.79 Å². The fraction of sp³-hybridized carbons (Fsp3) is 0.438. The van der Waals surface area contributed by atoms with Crippen LogP contribution in [0.1, 0.15) is 19.4 Å². The molecule has 1 rings (SSSR count). The molecule has 0 heterocycles. The predicted octanol–water partition coefficient (Wildman–Crippen LogP) is -0.101. The molecule has 0 aliphatic carbocycles. The first kappa shape index (κ1) is 20.9. The van der Waals surface area contributed by atoms with Crippen molar-refractivity contribution >= 4 is 30.4 Å². The lowest BCUT2D eigenvalue weighted by atomic mass is 9.77. The number of nitrogens with two attached hydrogens (primary N) is 2. The lowest BCUT2D eigenvalue weighted by molar-refractivity contribution is -0.171. The summed E-state index contributed by atoms with van der Waals surface area (Å²) in [6.07, 6.45) is 0. The Hall–Kier alpha value is -2.10. The molecular weight excluding hydrogens is 346 g/mol. The Bertz CT molecular complexity index is 650. The van der Waals surface area contributed by atoms with Gasteiger partial charge in [0.25, 0.3) is 0 Å². The lowest BCUT2D eigenvalue weighted by Crippen LogP contribution is -2.64. The van der Waals surface area contributed by atoms with Gasteiger partial charge in [-0.05, 0) is 23.6 Å². The lowest BCUT2D eigenvalue weighted by Gasteiger charge is -2.43. The van der Waals surface area contributed by atoms with E-state index in [4.69, 9.17) is 11.5 Å². The van der Waals surface area contributed by atoms with E-state index in [1.165, 1.54) is 24.3 Å². The van der Waals surface area contributed by atoms with Crippen LogP contribution in [0.3, 0.4) is 0 Å². The van der Waals surface area contributed by atoms with Crippen LogP contribution < -0.4 is 11.5 Å². The van der Waals surface area contributed by atoms with Crippen molar-refractivity contribution in [2.45, 2.75) is 25.4 Å². The van der Waals surface area contributed by atoms with E-state index in [-0.39, 0.29) is 17.1 Å². The molecular formula is C16H23N3O5S. The smallest absolute Gasteiger partial charge is 0.335 e. The normalized spacial score (nSPS) is 14.6. The van der Waals surface area contributed by atoms with Crippen LogP contribution in [0.25, 0.3) is 0 Å². The Morgan fingerprint density at radius 3 is 2.12 bits per heavy atom. The summed E-state index contributed by atoms with van der Waals surface area (Å²) in [4.78, 5) is 38.1. The van der Waals surface area contributed by atoms with Gasteiger partial charge in [-0.2, -0.15) is 12.6 Å². The molecule has 0 aromatic heterocycles. The van der Waals surface area contributed by atoms with Crippen LogP contribution in [-0.2, 0) is 19.9 Å². The van der Waals surface area contributed by atoms with E-state index in [1.54, 1.807) is 13.8 Å². The molecule has 2 atom stereocenters. The summed E-state index contributed by atoms with van der Waals surface area (Å²) in [7, 11) is 0. The predicted molar refractivity (Wildman–Crippen MR) is 95.0 cm³/mol. The van der Waals surface area contributed by atoms with E-state index in [0.29, 0.717) is 4.90 Å². The number of carbonyl (C=O) groups excluding carboxylic acids is 2. The molecule has 0 aliphatic rings.